The van der Waals surface area contributed by atoms with Gasteiger partial charge in [0.15, 0.2) is 5.65 Å². The average molecular weight is 224 g/mol. The van der Waals surface area contributed by atoms with Gasteiger partial charge in [0.25, 0.3) is 0 Å². The monoisotopic (exact) mass is 223 g/mol. The average Bonchev–Trinajstić information content (AvgIpc) is 2.57. The van der Waals surface area contributed by atoms with Crippen LogP contribution in [-0.4, -0.2) is 24.5 Å². The van der Waals surface area contributed by atoms with Crippen LogP contribution in [0.25, 0.3) is 5.65 Å². The van der Waals surface area contributed by atoms with Gasteiger partial charge in [0, 0.05) is 12.4 Å². The molecule has 0 aromatic carbocycles. The minimum atomic E-state index is -0.763. The first-order chi connectivity index (χ1) is 7.22. The third-order valence-corrected chi connectivity index (χ3v) is 2.10. The quantitative estimate of drug-likeness (QED) is 0.673. The van der Waals surface area contributed by atoms with Crippen LogP contribution in [0.15, 0.2) is 23.4 Å². The molecule has 0 N–H and O–H groups in total. The van der Waals surface area contributed by atoms with Crippen molar-refractivity contribution in [3.8, 4) is 6.07 Å². The molecule has 0 aliphatic heterocycles. The van der Waals surface area contributed by atoms with Crippen molar-refractivity contribution in [3.05, 3.63) is 29.1 Å². The summed E-state index contributed by atoms with van der Waals surface area (Å²) in [5, 5.41) is 11.7. The molecule has 0 bridgehead atoms. The van der Waals surface area contributed by atoms with E-state index in [1.165, 1.54) is 23.0 Å². The minimum Gasteiger partial charge on any atom is -0.259 e. The molecule has 0 spiro atoms. The highest BCUT2D eigenvalue weighted by molar-refractivity contribution is 6.22. The lowest BCUT2D eigenvalue weighted by Gasteiger charge is -1.96. The third kappa shape index (κ3) is 1.69. The number of rotatable bonds is 2. The van der Waals surface area contributed by atoms with Gasteiger partial charge in [-0.1, -0.05) is 0 Å². The molecule has 0 aliphatic rings. The minimum absolute atomic E-state index is 0.0680. The number of nitrogens with zero attached hydrogens (tertiary/aromatic N) is 5. The topological polar surface area (TPSA) is 76.0 Å². The first-order valence-electron chi connectivity index (χ1n) is 4.15. The lowest BCUT2D eigenvalue weighted by molar-refractivity contribution is 0.608. The Bertz CT molecular complexity index is 580. The normalized spacial score (nSPS) is 12.5. The summed E-state index contributed by atoms with van der Waals surface area (Å²) in [4.78, 5) is 15.5. The highest BCUT2D eigenvalue weighted by atomic mass is 35.5. The molecule has 6 nitrogen and oxygen atoms in total. The van der Waals surface area contributed by atoms with E-state index < -0.39 is 5.38 Å². The van der Waals surface area contributed by atoms with E-state index in [0.29, 0.717) is 5.65 Å². The Morgan fingerprint density at radius 3 is 3.13 bits per heavy atom. The molecule has 7 heteroatoms. The second kappa shape index (κ2) is 3.71. The second-order valence-electron chi connectivity index (χ2n) is 2.87. The lowest BCUT2D eigenvalue weighted by Crippen LogP contribution is -2.24. The van der Waals surface area contributed by atoms with Crippen molar-refractivity contribution in [1.29, 1.82) is 5.26 Å². The van der Waals surface area contributed by atoms with Crippen LogP contribution in [0.4, 0.5) is 0 Å². The van der Waals surface area contributed by atoms with E-state index in [9.17, 15) is 4.79 Å². The number of nitriles is 1. The molecular formula is C8H6ClN5O. The fourth-order valence-electron chi connectivity index (χ4n) is 1.19. The number of aromatic nitrogens is 4. The fraction of sp³-hybridized carbons (Fsp3) is 0.250. The Morgan fingerprint density at radius 1 is 1.67 bits per heavy atom. The molecule has 0 fully saturated rings. The van der Waals surface area contributed by atoms with Crippen LogP contribution >= 0.6 is 11.6 Å². The zero-order valence-electron chi connectivity index (χ0n) is 7.54. The van der Waals surface area contributed by atoms with E-state index >= 15 is 0 Å². The standard InChI is InChI=1S/C8H6ClN5O/c9-6(3-10)5-14-8(15)13-2-1-11-4-7(13)12-14/h1-2,4,6H,5H2. The molecule has 0 radical (unpaired) electrons. The molecule has 0 aliphatic carbocycles. The van der Waals surface area contributed by atoms with Gasteiger partial charge < -0.3 is 0 Å². The van der Waals surface area contributed by atoms with Crippen molar-refractivity contribution in [2.24, 2.45) is 0 Å². The zero-order valence-corrected chi connectivity index (χ0v) is 8.29. The highest BCUT2D eigenvalue weighted by Gasteiger charge is 2.10. The van der Waals surface area contributed by atoms with Crippen molar-refractivity contribution in [1.82, 2.24) is 19.2 Å². The molecule has 76 valence electrons. The van der Waals surface area contributed by atoms with Crippen LogP contribution in [0.2, 0.25) is 0 Å². The molecule has 0 amide bonds. The van der Waals surface area contributed by atoms with Gasteiger partial charge in [-0.3, -0.25) is 4.98 Å². The van der Waals surface area contributed by atoms with Crippen molar-refractivity contribution >= 4 is 17.2 Å². The van der Waals surface area contributed by atoms with E-state index in [1.807, 2.05) is 6.07 Å². The third-order valence-electron chi connectivity index (χ3n) is 1.86. The summed E-state index contributed by atoms with van der Waals surface area (Å²) in [6, 6.07) is 1.83. The molecule has 0 saturated carbocycles. The smallest absolute Gasteiger partial charge is 0.259 e. The summed E-state index contributed by atoms with van der Waals surface area (Å²) in [7, 11) is 0. The van der Waals surface area contributed by atoms with Crippen LogP contribution in [0.1, 0.15) is 0 Å². The van der Waals surface area contributed by atoms with Gasteiger partial charge in [0.2, 0.25) is 0 Å². The molecule has 2 rings (SSSR count). The SMILES string of the molecule is N#CC(Cl)Cn1nc2cnccn2c1=O. The maximum absolute atomic E-state index is 11.6. The van der Waals surface area contributed by atoms with Crippen LogP contribution in [0.5, 0.6) is 0 Å². The van der Waals surface area contributed by atoms with Crippen LogP contribution < -0.4 is 5.69 Å². The summed E-state index contributed by atoms with van der Waals surface area (Å²) >= 11 is 5.61. The van der Waals surface area contributed by atoms with Gasteiger partial charge in [0.05, 0.1) is 18.8 Å². The fourth-order valence-corrected chi connectivity index (χ4v) is 1.32. The largest absolute Gasteiger partial charge is 0.350 e. The maximum Gasteiger partial charge on any atom is 0.350 e. The van der Waals surface area contributed by atoms with Gasteiger partial charge >= 0.3 is 5.69 Å². The molecule has 2 aromatic heterocycles. The highest BCUT2D eigenvalue weighted by Crippen LogP contribution is 1.98. The summed E-state index contributed by atoms with van der Waals surface area (Å²) in [5.74, 6) is 0. The lowest BCUT2D eigenvalue weighted by atomic mass is 10.5. The van der Waals surface area contributed by atoms with Crippen LogP contribution in [0.3, 0.4) is 0 Å². The number of halogens is 1. The zero-order chi connectivity index (χ0) is 10.8. The molecular weight excluding hydrogens is 218 g/mol. The molecule has 2 aromatic rings. The van der Waals surface area contributed by atoms with Gasteiger partial charge in [0.1, 0.15) is 5.38 Å². The van der Waals surface area contributed by atoms with Gasteiger partial charge in [-0.15, -0.1) is 16.7 Å². The van der Waals surface area contributed by atoms with Crippen molar-refractivity contribution in [3.63, 3.8) is 0 Å². The molecule has 2 heterocycles. The Kier molecular flexibility index (Phi) is 2.39. The van der Waals surface area contributed by atoms with Crippen molar-refractivity contribution in [2.45, 2.75) is 11.9 Å². The molecule has 1 unspecified atom stereocenters. The van der Waals surface area contributed by atoms with Gasteiger partial charge in [-0.2, -0.15) is 5.26 Å². The van der Waals surface area contributed by atoms with E-state index in [4.69, 9.17) is 16.9 Å². The number of hydrogen-bond donors (Lipinski definition) is 0. The Balaban J connectivity index is 2.50. The van der Waals surface area contributed by atoms with Crippen molar-refractivity contribution in [2.75, 3.05) is 0 Å². The van der Waals surface area contributed by atoms with Gasteiger partial charge in [-0.05, 0) is 0 Å². The van der Waals surface area contributed by atoms with Gasteiger partial charge in [-0.25, -0.2) is 13.9 Å². The summed E-state index contributed by atoms with van der Waals surface area (Å²) in [6.45, 7) is 0.0680. The van der Waals surface area contributed by atoms with E-state index in [0.717, 1.165) is 4.68 Å². The Labute approximate surface area is 89.3 Å². The van der Waals surface area contributed by atoms with Crippen LogP contribution in [-0.2, 0) is 6.54 Å². The van der Waals surface area contributed by atoms with E-state index in [1.54, 1.807) is 0 Å². The van der Waals surface area contributed by atoms with Crippen molar-refractivity contribution < 1.29 is 0 Å². The Morgan fingerprint density at radius 2 is 2.47 bits per heavy atom. The number of hydrogen-bond acceptors (Lipinski definition) is 4. The van der Waals surface area contributed by atoms with E-state index in [2.05, 4.69) is 10.1 Å². The number of fused-ring (bicyclic) bond motifs is 1. The predicted octanol–water partition coefficient (Wildman–Crippen LogP) is 0.0220. The van der Waals surface area contributed by atoms with Crippen LogP contribution in [0, 0.1) is 11.3 Å². The summed E-state index contributed by atoms with van der Waals surface area (Å²) in [6.07, 6.45) is 4.47. The summed E-state index contributed by atoms with van der Waals surface area (Å²) in [5.41, 5.74) is 0.109. The maximum atomic E-state index is 11.6. The first kappa shape index (κ1) is 9.68. The molecule has 15 heavy (non-hydrogen) atoms. The second-order valence-corrected chi connectivity index (χ2v) is 3.39. The Hall–Kier alpha value is -1.87. The predicted molar refractivity (Wildman–Crippen MR) is 52.5 cm³/mol. The molecule has 1 atom stereocenters. The van der Waals surface area contributed by atoms with E-state index in [-0.39, 0.29) is 12.2 Å². The molecule has 0 saturated heterocycles. The number of alkyl halides is 1. The summed E-state index contributed by atoms with van der Waals surface area (Å²) < 4.78 is 2.49. The first-order valence-corrected chi connectivity index (χ1v) is 4.59.